The molecule has 2 aliphatic heterocycles. The number of pyridine rings is 1. The normalized spacial score (nSPS) is 18.4. The first-order valence-electron chi connectivity index (χ1n) is 9.43. The summed E-state index contributed by atoms with van der Waals surface area (Å²) in [4.78, 5) is 27.7. The molecule has 0 radical (unpaired) electrons. The summed E-state index contributed by atoms with van der Waals surface area (Å²) in [6, 6.07) is 11.5. The van der Waals surface area contributed by atoms with Crippen molar-refractivity contribution in [2.75, 3.05) is 19.7 Å². The quantitative estimate of drug-likeness (QED) is 0.721. The lowest BCUT2D eigenvalue weighted by atomic mass is 9.85. The molecule has 1 saturated heterocycles. The molecule has 0 atom stereocenters. The zero-order valence-corrected chi connectivity index (χ0v) is 16.1. The molecule has 28 heavy (non-hydrogen) atoms. The van der Waals surface area contributed by atoms with Gasteiger partial charge in [-0.25, -0.2) is 4.79 Å². The Morgan fingerprint density at radius 3 is 2.75 bits per heavy atom. The summed E-state index contributed by atoms with van der Waals surface area (Å²) in [5, 5.41) is 9.34. The van der Waals surface area contributed by atoms with Crippen LogP contribution in [0.5, 0.6) is 0 Å². The molecular weight excluding hydrogens is 376 g/mol. The molecule has 0 saturated carbocycles. The molecule has 5 rings (SSSR count). The predicted octanol–water partition coefficient (Wildman–Crippen LogP) is 3.40. The molecule has 144 valence electrons. The van der Waals surface area contributed by atoms with Crippen LogP contribution >= 0.6 is 11.3 Å². The number of likely N-dealkylation sites (tertiary alicyclic amines) is 1. The number of carbonyl (C=O) groups excluding carboxylic acids is 1. The Kier molecular flexibility index (Phi) is 4.03. The van der Waals surface area contributed by atoms with Crippen molar-refractivity contribution in [2.45, 2.75) is 24.9 Å². The van der Waals surface area contributed by atoms with Gasteiger partial charge in [0.05, 0.1) is 6.61 Å². The number of fused-ring (bicyclic) bond motifs is 3. The number of hydrogen-bond donors (Lipinski definition) is 1. The van der Waals surface area contributed by atoms with Crippen LogP contribution in [0.25, 0.3) is 5.52 Å². The lowest BCUT2D eigenvalue weighted by Crippen LogP contribution is -2.48. The molecule has 3 aromatic rings. The number of rotatable bonds is 2. The Morgan fingerprint density at radius 2 is 1.96 bits per heavy atom. The topological polar surface area (TPSA) is 71.2 Å². The molecule has 1 spiro atoms. The number of ether oxygens (including phenoxy) is 1. The average Bonchev–Trinajstić information content (AvgIpc) is 3.34. The molecule has 1 N–H and O–H groups in total. The third kappa shape index (κ3) is 2.65. The number of aromatic nitrogens is 1. The molecule has 0 unspecified atom stereocenters. The van der Waals surface area contributed by atoms with Gasteiger partial charge >= 0.3 is 5.97 Å². The minimum atomic E-state index is -0.887. The van der Waals surface area contributed by atoms with E-state index < -0.39 is 11.6 Å². The van der Waals surface area contributed by atoms with Gasteiger partial charge in [0.1, 0.15) is 16.2 Å². The maximum atomic E-state index is 13.1. The van der Waals surface area contributed by atoms with Gasteiger partial charge < -0.3 is 19.1 Å². The van der Waals surface area contributed by atoms with E-state index in [1.807, 2.05) is 45.8 Å². The predicted molar refractivity (Wildman–Crippen MR) is 105 cm³/mol. The lowest BCUT2D eigenvalue weighted by molar-refractivity contribution is -0.0906. The first kappa shape index (κ1) is 17.5. The van der Waals surface area contributed by atoms with E-state index in [0.717, 1.165) is 22.4 Å². The number of carboxylic acids is 1. The van der Waals surface area contributed by atoms with Gasteiger partial charge in [0.15, 0.2) is 0 Å². The number of carbonyl (C=O) groups is 2. The van der Waals surface area contributed by atoms with Crippen LogP contribution in [-0.2, 0) is 16.8 Å². The lowest BCUT2D eigenvalue weighted by Gasteiger charge is -2.43. The highest BCUT2D eigenvalue weighted by atomic mass is 32.1. The monoisotopic (exact) mass is 396 g/mol. The maximum Gasteiger partial charge on any atom is 0.345 e. The fraction of sp³-hybridized carbons (Fsp3) is 0.333. The molecule has 7 heteroatoms. The van der Waals surface area contributed by atoms with E-state index in [2.05, 4.69) is 0 Å². The van der Waals surface area contributed by atoms with E-state index in [9.17, 15) is 14.7 Å². The number of carboxylic acid groups (broad SMARTS) is 1. The molecule has 0 aliphatic carbocycles. The van der Waals surface area contributed by atoms with E-state index in [-0.39, 0.29) is 5.91 Å². The largest absolute Gasteiger partial charge is 0.477 e. The molecule has 0 bridgehead atoms. The number of aromatic carboxylic acids is 1. The Morgan fingerprint density at radius 1 is 1.14 bits per heavy atom. The number of hydrogen-bond acceptors (Lipinski definition) is 4. The Labute approximate surface area is 166 Å². The molecule has 0 aromatic carbocycles. The van der Waals surface area contributed by atoms with Gasteiger partial charge in [0, 0.05) is 29.7 Å². The van der Waals surface area contributed by atoms with E-state index in [1.165, 1.54) is 11.3 Å². The second-order valence-electron chi connectivity index (χ2n) is 7.37. The van der Waals surface area contributed by atoms with Crippen molar-refractivity contribution >= 4 is 28.7 Å². The van der Waals surface area contributed by atoms with E-state index in [1.54, 1.807) is 6.07 Å². The molecule has 2 aliphatic rings. The molecule has 1 fully saturated rings. The first-order chi connectivity index (χ1) is 13.6. The third-order valence-electron chi connectivity index (χ3n) is 5.82. The van der Waals surface area contributed by atoms with E-state index >= 15 is 0 Å². The van der Waals surface area contributed by atoms with Crippen LogP contribution in [0.4, 0.5) is 0 Å². The van der Waals surface area contributed by atoms with Crippen LogP contribution in [0.2, 0.25) is 0 Å². The van der Waals surface area contributed by atoms with E-state index in [4.69, 9.17) is 4.74 Å². The minimum Gasteiger partial charge on any atom is -0.477 e. The Balaban J connectivity index is 1.38. The molecule has 6 nitrogen and oxygen atoms in total. The van der Waals surface area contributed by atoms with Crippen LogP contribution in [-0.4, -0.2) is 46.0 Å². The van der Waals surface area contributed by atoms with Gasteiger partial charge in [-0.2, -0.15) is 0 Å². The molecule has 1 amide bonds. The summed E-state index contributed by atoms with van der Waals surface area (Å²) < 4.78 is 8.11. The summed E-state index contributed by atoms with van der Waals surface area (Å²) >= 11 is 1.33. The molecule has 3 aromatic heterocycles. The molecular formula is C21H20N2O4S. The second-order valence-corrected chi connectivity index (χ2v) is 8.42. The average molecular weight is 396 g/mol. The van der Waals surface area contributed by atoms with Crippen molar-refractivity contribution in [3.63, 3.8) is 0 Å². The highest BCUT2D eigenvalue weighted by Gasteiger charge is 2.43. The van der Waals surface area contributed by atoms with Gasteiger partial charge in [-0.05, 0) is 55.2 Å². The van der Waals surface area contributed by atoms with Crippen molar-refractivity contribution in [1.29, 1.82) is 0 Å². The van der Waals surface area contributed by atoms with Crippen LogP contribution in [0.1, 0.15) is 43.4 Å². The van der Waals surface area contributed by atoms with Crippen molar-refractivity contribution in [2.24, 2.45) is 0 Å². The minimum absolute atomic E-state index is 0.0227. The van der Waals surface area contributed by atoms with Gasteiger partial charge in [0.2, 0.25) is 0 Å². The summed E-state index contributed by atoms with van der Waals surface area (Å²) in [5.41, 5.74) is 2.30. The van der Waals surface area contributed by atoms with E-state index in [0.29, 0.717) is 43.1 Å². The van der Waals surface area contributed by atoms with Gasteiger partial charge in [-0.1, -0.05) is 6.07 Å². The van der Waals surface area contributed by atoms with Crippen LogP contribution < -0.4 is 0 Å². The summed E-state index contributed by atoms with van der Waals surface area (Å²) in [6.07, 6.45) is 4.03. The molecule has 5 heterocycles. The zero-order chi connectivity index (χ0) is 19.3. The van der Waals surface area contributed by atoms with Gasteiger partial charge in [-0.3, -0.25) is 4.79 Å². The number of piperidine rings is 1. The smallest absolute Gasteiger partial charge is 0.345 e. The Hall–Kier alpha value is -2.64. The zero-order valence-electron chi connectivity index (χ0n) is 15.3. The van der Waals surface area contributed by atoms with Crippen LogP contribution in [0.3, 0.4) is 0 Å². The fourth-order valence-corrected chi connectivity index (χ4v) is 5.61. The SMILES string of the molecule is O=C(O)c1cc2c(s1)C1(CCN(C(=O)c3ccc4ccccn34)CC1)OCC2. The van der Waals surface area contributed by atoms with Crippen molar-refractivity contribution in [1.82, 2.24) is 9.30 Å². The van der Waals surface area contributed by atoms with Crippen LogP contribution in [0, 0.1) is 0 Å². The first-order valence-corrected chi connectivity index (χ1v) is 10.2. The number of amides is 1. The Bertz CT molecular complexity index is 1080. The summed E-state index contributed by atoms with van der Waals surface area (Å²) in [6.45, 7) is 1.79. The third-order valence-corrected chi connectivity index (χ3v) is 7.17. The van der Waals surface area contributed by atoms with Crippen molar-refractivity contribution in [3.05, 3.63) is 63.6 Å². The highest BCUT2D eigenvalue weighted by Crippen LogP contribution is 2.45. The summed E-state index contributed by atoms with van der Waals surface area (Å²) in [7, 11) is 0. The van der Waals surface area contributed by atoms with Crippen molar-refractivity contribution in [3.8, 4) is 0 Å². The highest BCUT2D eigenvalue weighted by molar-refractivity contribution is 7.14. The number of thiophene rings is 1. The summed E-state index contributed by atoms with van der Waals surface area (Å²) in [5.74, 6) is -0.864. The van der Waals surface area contributed by atoms with Crippen LogP contribution in [0.15, 0.2) is 42.6 Å². The standard InChI is InChI=1S/C21H20N2O4S/c24-19(16-5-4-15-3-1-2-9-23(15)16)22-10-7-21(8-11-22)18-14(6-12-27-21)13-17(28-18)20(25)26/h1-5,9,13H,6-8,10-12H2,(H,25,26). The number of nitrogens with zero attached hydrogens (tertiary/aromatic N) is 2. The van der Waals surface area contributed by atoms with Gasteiger partial charge in [0.25, 0.3) is 5.91 Å². The van der Waals surface area contributed by atoms with Crippen molar-refractivity contribution < 1.29 is 19.4 Å². The maximum absolute atomic E-state index is 13.1. The second kappa shape index (κ2) is 6.46. The fourth-order valence-electron chi connectivity index (χ4n) is 4.36. The van der Waals surface area contributed by atoms with Gasteiger partial charge in [-0.15, -0.1) is 11.3 Å².